The number of hydrogen-bond acceptors (Lipinski definition) is 6. The molecule has 0 atom stereocenters. The average Bonchev–Trinajstić information content (AvgIpc) is 2.62. The Bertz CT molecular complexity index is 374. The monoisotopic (exact) mass is 261 g/mol. The van der Waals surface area contributed by atoms with E-state index < -0.39 is 0 Å². The van der Waals surface area contributed by atoms with Gasteiger partial charge in [0.15, 0.2) is 3.92 Å². The summed E-state index contributed by atoms with van der Waals surface area (Å²) in [7, 11) is 1.76. The van der Waals surface area contributed by atoms with Crippen molar-refractivity contribution in [2.45, 2.75) is 0 Å². The maximum atomic E-state index is 5.19. The molecule has 0 N–H and O–H groups in total. The molecule has 2 aromatic heterocycles. The Morgan fingerprint density at radius 2 is 2.38 bits per heavy atom. The molecule has 0 spiro atoms. The molecule has 2 rings (SSSR count). The van der Waals surface area contributed by atoms with Gasteiger partial charge in [-0.1, -0.05) is 5.10 Å². The highest BCUT2D eigenvalue weighted by Gasteiger charge is 2.06. The third-order valence-corrected chi connectivity index (χ3v) is 2.37. The van der Waals surface area contributed by atoms with Crippen LogP contribution in [0, 0.1) is 0 Å². The fourth-order valence-corrected chi connectivity index (χ4v) is 1.60. The van der Waals surface area contributed by atoms with Gasteiger partial charge in [-0.3, -0.25) is 4.68 Å². The fourth-order valence-electron chi connectivity index (χ4n) is 0.679. The second-order valence-corrected chi connectivity index (χ2v) is 4.34. The van der Waals surface area contributed by atoms with Gasteiger partial charge in [-0.2, -0.15) is 4.98 Å². The third-order valence-electron chi connectivity index (χ3n) is 1.14. The molecule has 0 radical (unpaired) electrons. The highest BCUT2D eigenvalue weighted by atomic mass is 79.9. The van der Waals surface area contributed by atoms with Gasteiger partial charge in [0.2, 0.25) is 0 Å². The predicted octanol–water partition coefficient (Wildman–Crippen LogP) is 1.22. The number of aryl methyl sites for hydroxylation is 1. The quantitative estimate of drug-likeness (QED) is 0.814. The molecule has 0 unspecified atom stereocenters. The van der Waals surface area contributed by atoms with Crippen molar-refractivity contribution < 1.29 is 4.74 Å². The van der Waals surface area contributed by atoms with E-state index in [0.29, 0.717) is 9.11 Å². The van der Waals surface area contributed by atoms with E-state index in [1.807, 2.05) is 0 Å². The highest BCUT2D eigenvalue weighted by Crippen LogP contribution is 2.25. The summed E-state index contributed by atoms with van der Waals surface area (Å²) in [6.07, 6.45) is 1.55. The van der Waals surface area contributed by atoms with Crippen LogP contribution in [-0.4, -0.2) is 25.0 Å². The van der Waals surface area contributed by atoms with Crippen LogP contribution in [0.5, 0.6) is 11.2 Å². The van der Waals surface area contributed by atoms with E-state index in [2.05, 4.69) is 36.2 Å². The van der Waals surface area contributed by atoms with Gasteiger partial charge < -0.3 is 4.74 Å². The van der Waals surface area contributed by atoms with E-state index in [1.54, 1.807) is 18.1 Å². The van der Waals surface area contributed by atoms with Gasteiger partial charge in [0.1, 0.15) is 6.33 Å². The number of rotatable bonds is 2. The van der Waals surface area contributed by atoms with Crippen LogP contribution in [0.3, 0.4) is 0 Å². The molecule has 0 aromatic carbocycles. The first-order valence-corrected chi connectivity index (χ1v) is 4.87. The van der Waals surface area contributed by atoms with E-state index in [4.69, 9.17) is 4.74 Å². The van der Waals surface area contributed by atoms with Crippen molar-refractivity contribution >= 4 is 27.3 Å². The minimum Gasteiger partial charge on any atom is -0.393 e. The molecule has 0 amide bonds. The zero-order valence-electron chi connectivity index (χ0n) is 6.51. The van der Waals surface area contributed by atoms with Crippen molar-refractivity contribution in [2.24, 2.45) is 7.05 Å². The molecular weight excluding hydrogens is 258 g/mol. The summed E-state index contributed by atoms with van der Waals surface area (Å²) >= 11 is 4.44. The summed E-state index contributed by atoms with van der Waals surface area (Å²) in [6.45, 7) is 0. The predicted molar refractivity (Wildman–Crippen MR) is 48.7 cm³/mol. The van der Waals surface area contributed by atoms with Crippen LogP contribution in [0.15, 0.2) is 10.2 Å². The first-order chi connectivity index (χ1) is 6.24. The summed E-state index contributed by atoms with van der Waals surface area (Å²) in [4.78, 5) is 3.87. The lowest BCUT2D eigenvalue weighted by Gasteiger charge is -1.90. The van der Waals surface area contributed by atoms with Gasteiger partial charge in [0.05, 0.1) is 0 Å². The maximum Gasteiger partial charge on any atom is 0.342 e. The Balaban J connectivity index is 2.14. The summed E-state index contributed by atoms with van der Waals surface area (Å²) in [5.74, 6) is 0. The van der Waals surface area contributed by atoms with Crippen LogP contribution >= 0.6 is 27.3 Å². The fraction of sp³-hybridized carbons (Fsp3) is 0.200. The van der Waals surface area contributed by atoms with Crippen molar-refractivity contribution in [1.29, 1.82) is 0 Å². The van der Waals surface area contributed by atoms with Crippen molar-refractivity contribution in [3.8, 4) is 11.2 Å². The SMILES string of the molecule is Cn1cnc(Oc2nnc(Br)s2)n1. The Kier molecular flexibility index (Phi) is 2.23. The number of hydrogen-bond donors (Lipinski definition) is 0. The summed E-state index contributed by atoms with van der Waals surface area (Å²) in [5.41, 5.74) is 0. The van der Waals surface area contributed by atoms with Gasteiger partial charge in [0, 0.05) is 7.05 Å². The molecule has 0 saturated carbocycles. The topological polar surface area (TPSA) is 65.7 Å². The molecule has 13 heavy (non-hydrogen) atoms. The number of nitrogens with zero attached hydrogens (tertiary/aromatic N) is 5. The van der Waals surface area contributed by atoms with Gasteiger partial charge in [-0.05, 0) is 27.3 Å². The molecule has 0 fully saturated rings. The van der Waals surface area contributed by atoms with Crippen LogP contribution in [0.1, 0.15) is 0 Å². The van der Waals surface area contributed by atoms with Gasteiger partial charge >= 0.3 is 11.2 Å². The Morgan fingerprint density at radius 3 is 2.92 bits per heavy atom. The van der Waals surface area contributed by atoms with Crippen molar-refractivity contribution in [3.63, 3.8) is 0 Å². The van der Waals surface area contributed by atoms with E-state index >= 15 is 0 Å². The second-order valence-electron chi connectivity index (χ2n) is 2.12. The lowest BCUT2D eigenvalue weighted by molar-refractivity contribution is 0.431. The molecule has 2 heterocycles. The first-order valence-electron chi connectivity index (χ1n) is 3.26. The first kappa shape index (κ1) is 8.57. The summed E-state index contributed by atoms with van der Waals surface area (Å²) in [5, 5.41) is 11.8. The minimum atomic E-state index is 0.270. The van der Waals surface area contributed by atoms with E-state index in [9.17, 15) is 0 Å². The zero-order valence-corrected chi connectivity index (χ0v) is 8.91. The van der Waals surface area contributed by atoms with Crippen LogP contribution in [-0.2, 0) is 7.05 Å². The smallest absolute Gasteiger partial charge is 0.342 e. The van der Waals surface area contributed by atoms with Gasteiger partial charge in [-0.25, -0.2) is 0 Å². The Morgan fingerprint density at radius 1 is 1.54 bits per heavy atom. The molecule has 6 nitrogen and oxygen atoms in total. The minimum absolute atomic E-state index is 0.270. The summed E-state index contributed by atoms with van der Waals surface area (Å²) in [6, 6.07) is 0.270. The molecule has 0 aliphatic carbocycles. The third kappa shape index (κ3) is 2.01. The molecule has 68 valence electrons. The van der Waals surface area contributed by atoms with E-state index in [-0.39, 0.29) is 6.01 Å². The average molecular weight is 262 g/mol. The molecule has 0 aliphatic rings. The standard InChI is InChI=1S/C5H4BrN5OS/c1-11-2-7-4(10-11)12-5-9-8-3(6)13-5/h2H,1H3. The Labute approximate surface area is 85.7 Å². The Hall–Kier alpha value is -1.02. The van der Waals surface area contributed by atoms with Gasteiger partial charge in [-0.15, -0.1) is 10.2 Å². The normalized spacial score (nSPS) is 10.3. The van der Waals surface area contributed by atoms with Crippen LogP contribution in [0.2, 0.25) is 0 Å². The molecule has 2 aromatic rings. The summed E-state index contributed by atoms with van der Waals surface area (Å²) < 4.78 is 7.40. The van der Waals surface area contributed by atoms with Crippen molar-refractivity contribution in [1.82, 2.24) is 25.0 Å². The lowest BCUT2D eigenvalue weighted by Crippen LogP contribution is -1.89. The van der Waals surface area contributed by atoms with Crippen molar-refractivity contribution in [2.75, 3.05) is 0 Å². The van der Waals surface area contributed by atoms with Gasteiger partial charge in [0.25, 0.3) is 0 Å². The molecule has 0 saturated heterocycles. The molecule has 0 aliphatic heterocycles. The number of aromatic nitrogens is 5. The number of ether oxygens (including phenoxy) is 1. The maximum absolute atomic E-state index is 5.19. The lowest BCUT2D eigenvalue weighted by atomic mass is 11.1. The number of halogens is 1. The molecule has 0 bridgehead atoms. The van der Waals surface area contributed by atoms with Crippen LogP contribution in [0.25, 0.3) is 0 Å². The van der Waals surface area contributed by atoms with E-state index in [0.717, 1.165) is 0 Å². The van der Waals surface area contributed by atoms with E-state index in [1.165, 1.54) is 11.3 Å². The largest absolute Gasteiger partial charge is 0.393 e. The molecule has 8 heteroatoms. The van der Waals surface area contributed by atoms with Crippen molar-refractivity contribution in [3.05, 3.63) is 10.2 Å². The second kappa shape index (κ2) is 3.38. The zero-order chi connectivity index (χ0) is 9.26. The van der Waals surface area contributed by atoms with Crippen LogP contribution < -0.4 is 4.74 Å². The molecular formula is C5H4BrN5OS. The van der Waals surface area contributed by atoms with Crippen LogP contribution in [0.4, 0.5) is 0 Å². The highest BCUT2D eigenvalue weighted by molar-refractivity contribution is 9.11.